The third-order valence-corrected chi connectivity index (χ3v) is 5.24. The molecule has 0 saturated heterocycles. The van der Waals surface area contributed by atoms with E-state index in [9.17, 15) is 18.0 Å². The molecule has 0 unspecified atom stereocenters. The molecule has 2 N–H and O–H groups in total. The highest BCUT2D eigenvalue weighted by Crippen LogP contribution is 2.11. The van der Waals surface area contributed by atoms with Gasteiger partial charge < -0.3 is 10.1 Å². The van der Waals surface area contributed by atoms with Gasteiger partial charge >= 0.3 is 5.97 Å². The zero-order chi connectivity index (χ0) is 20.6. The van der Waals surface area contributed by atoms with Crippen molar-refractivity contribution in [2.24, 2.45) is 0 Å². The summed E-state index contributed by atoms with van der Waals surface area (Å²) < 4.78 is 31.1. The number of hydrogen-bond acceptors (Lipinski definition) is 5. The molecular weight excluding hydrogens is 380 g/mol. The van der Waals surface area contributed by atoms with Gasteiger partial charge in [-0.1, -0.05) is 24.1 Å². The predicted molar refractivity (Wildman–Crippen MR) is 104 cm³/mol. The first-order valence-corrected chi connectivity index (χ1v) is 9.84. The number of benzene rings is 2. The van der Waals surface area contributed by atoms with Crippen LogP contribution in [0.2, 0.25) is 0 Å². The van der Waals surface area contributed by atoms with Gasteiger partial charge in [0.05, 0.1) is 24.1 Å². The van der Waals surface area contributed by atoms with Crippen LogP contribution in [0.4, 0.5) is 0 Å². The van der Waals surface area contributed by atoms with Gasteiger partial charge in [-0.15, -0.1) is 6.42 Å². The largest absolute Gasteiger partial charge is 0.465 e. The van der Waals surface area contributed by atoms with E-state index in [4.69, 9.17) is 6.42 Å². The van der Waals surface area contributed by atoms with Crippen LogP contribution in [0.3, 0.4) is 0 Å². The molecule has 0 saturated carbocycles. The lowest BCUT2D eigenvalue weighted by molar-refractivity contribution is 0.0600. The maximum atomic E-state index is 12.3. The van der Waals surface area contributed by atoms with E-state index in [1.165, 1.54) is 31.4 Å². The summed E-state index contributed by atoms with van der Waals surface area (Å²) in [6.07, 6.45) is 5.61. The van der Waals surface area contributed by atoms with Crippen LogP contribution >= 0.6 is 0 Å². The lowest BCUT2D eigenvalue weighted by atomic mass is 10.1. The quantitative estimate of drug-likeness (QED) is 0.515. The van der Waals surface area contributed by atoms with E-state index in [1.54, 1.807) is 24.3 Å². The molecule has 2 aromatic carbocycles. The number of nitrogens with one attached hydrogen (secondary N) is 2. The molecule has 2 rings (SSSR count). The minimum absolute atomic E-state index is 0.0335. The molecule has 7 nitrogen and oxygen atoms in total. The van der Waals surface area contributed by atoms with Crippen molar-refractivity contribution < 1.29 is 22.7 Å². The maximum absolute atomic E-state index is 12.3. The van der Waals surface area contributed by atoms with Gasteiger partial charge in [-0.05, 0) is 42.3 Å². The van der Waals surface area contributed by atoms with Crippen LogP contribution in [-0.2, 0) is 21.2 Å². The van der Waals surface area contributed by atoms with Crippen LogP contribution in [0.5, 0.6) is 0 Å². The Morgan fingerprint density at radius 2 is 1.82 bits per heavy atom. The summed E-state index contributed by atoms with van der Waals surface area (Å²) in [4.78, 5) is 23.7. The van der Waals surface area contributed by atoms with Crippen molar-refractivity contribution in [2.45, 2.75) is 11.3 Å². The molecule has 0 aliphatic carbocycles. The van der Waals surface area contributed by atoms with Crippen LogP contribution in [-0.4, -0.2) is 40.5 Å². The molecule has 0 heterocycles. The van der Waals surface area contributed by atoms with Crippen molar-refractivity contribution in [3.63, 3.8) is 0 Å². The Hall–Kier alpha value is -3.15. The normalized spacial score (nSPS) is 10.7. The molecule has 0 spiro atoms. The molecule has 0 fully saturated rings. The third kappa shape index (κ3) is 5.67. The monoisotopic (exact) mass is 400 g/mol. The fourth-order valence-corrected chi connectivity index (χ4v) is 3.35. The summed E-state index contributed by atoms with van der Waals surface area (Å²) in [6.45, 7) is 0.219. The molecule has 2 aromatic rings. The van der Waals surface area contributed by atoms with Crippen molar-refractivity contribution in [2.75, 3.05) is 20.2 Å². The third-order valence-electron chi connectivity index (χ3n) is 3.85. The average molecular weight is 400 g/mol. The Morgan fingerprint density at radius 1 is 1.11 bits per heavy atom. The number of rotatable bonds is 8. The fraction of sp³-hybridized carbons (Fsp3) is 0.200. The molecule has 146 valence electrons. The Bertz CT molecular complexity index is 992. The first kappa shape index (κ1) is 21.2. The van der Waals surface area contributed by atoms with Gasteiger partial charge in [-0.3, -0.25) is 4.79 Å². The van der Waals surface area contributed by atoms with E-state index in [0.29, 0.717) is 18.5 Å². The van der Waals surface area contributed by atoms with E-state index in [2.05, 4.69) is 20.7 Å². The lowest BCUT2D eigenvalue weighted by Gasteiger charge is -2.08. The summed E-state index contributed by atoms with van der Waals surface area (Å²) in [6, 6.07) is 12.6. The van der Waals surface area contributed by atoms with Crippen LogP contribution in [0, 0.1) is 12.3 Å². The highest BCUT2D eigenvalue weighted by atomic mass is 32.2. The van der Waals surface area contributed by atoms with Gasteiger partial charge in [0.15, 0.2) is 0 Å². The number of ether oxygens (including phenoxy) is 1. The van der Waals surface area contributed by atoms with Gasteiger partial charge in [0, 0.05) is 12.1 Å². The number of carbonyl (C=O) groups is 2. The Morgan fingerprint density at radius 3 is 2.46 bits per heavy atom. The molecule has 28 heavy (non-hydrogen) atoms. The average Bonchev–Trinajstić information content (AvgIpc) is 2.72. The number of amides is 1. The zero-order valence-corrected chi connectivity index (χ0v) is 16.1. The first-order chi connectivity index (χ1) is 13.4. The second kappa shape index (κ2) is 9.69. The fourth-order valence-electron chi connectivity index (χ4n) is 2.37. The Balaban J connectivity index is 1.96. The molecule has 0 bridgehead atoms. The molecule has 0 aliphatic heterocycles. The summed E-state index contributed by atoms with van der Waals surface area (Å²) in [7, 11) is -2.45. The van der Waals surface area contributed by atoms with E-state index >= 15 is 0 Å². The van der Waals surface area contributed by atoms with Crippen molar-refractivity contribution >= 4 is 21.9 Å². The Kier molecular flexibility index (Phi) is 7.32. The van der Waals surface area contributed by atoms with Gasteiger partial charge in [-0.25, -0.2) is 13.2 Å². The zero-order valence-electron chi connectivity index (χ0n) is 15.3. The van der Waals surface area contributed by atoms with Crippen LogP contribution in [0.25, 0.3) is 0 Å². The van der Waals surface area contributed by atoms with Gasteiger partial charge in [0.25, 0.3) is 5.91 Å². The topological polar surface area (TPSA) is 102 Å². The second-order valence-electron chi connectivity index (χ2n) is 5.75. The number of esters is 1. The molecule has 8 heteroatoms. The standard InChI is InChI=1S/C20H20N2O5S/c1-3-12-22-28(25,26)18-6-4-5-17(14-18)19(23)21-13-11-15-7-9-16(10-8-15)20(24)27-2/h1,4-10,14,22H,11-13H2,2H3,(H,21,23). The van der Waals surface area contributed by atoms with Crippen molar-refractivity contribution in [3.05, 3.63) is 65.2 Å². The van der Waals surface area contributed by atoms with Gasteiger partial charge in [0.1, 0.15) is 0 Å². The van der Waals surface area contributed by atoms with Crippen molar-refractivity contribution in [3.8, 4) is 12.3 Å². The minimum atomic E-state index is -3.77. The molecule has 0 atom stereocenters. The SMILES string of the molecule is C#CCNS(=O)(=O)c1cccc(C(=O)NCCc2ccc(C(=O)OC)cc2)c1. The number of sulfonamides is 1. The molecule has 0 aliphatic rings. The smallest absolute Gasteiger partial charge is 0.337 e. The van der Waals surface area contributed by atoms with E-state index in [-0.39, 0.29) is 22.9 Å². The number of terminal acetylenes is 1. The van der Waals surface area contributed by atoms with Crippen LogP contribution in [0.1, 0.15) is 26.3 Å². The molecule has 0 radical (unpaired) electrons. The van der Waals surface area contributed by atoms with Gasteiger partial charge in [0.2, 0.25) is 10.0 Å². The number of hydrogen-bond donors (Lipinski definition) is 2. The summed E-state index contributed by atoms with van der Waals surface area (Å²) in [5, 5.41) is 2.74. The highest BCUT2D eigenvalue weighted by molar-refractivity contribution is 7.89. The van der Waals surface area contributed by atoms with Crippen LogP contribution in [0.15, 0.2) is 53.4 Å². The molecule has 1 amide bonds. The van der Waals surface area contributed by atoms with Crippen LogP contribution < -0.4 is 10.0 Å². The molecular formula is C20H20N2O5S. The van der Waals surface area contributed by atoms with Gasteiger partial charge in [-0.2, -0.15) is 4.72 Å². The minimum Gasteiger partial charge on any atom is -0.465 e. The van der Waals surface area contributed by atoms with E-state index in [0.717, 1.165) is 5.56 Å². The predicted octanol–water partition coefficient (Wildman–Crippen LogP) is 1.36. The number of methoxy groups -OCH3 is 1. The van der Waals surface area contributed by atoms with Crippen molar-refractivity contribution in [1.29, 1.82) is 0 Å². The Labute approximate surface area is 164 Å². The summed E-state index contributed by atoms with van der Waals surface area (Å²) in [5.41, 5.74) is 1.61. The molecule has 0 aromatic heterocycles. The van der Waals surface area contributed by atoms with E-state index < -0.39 is 16.0 Å². The highest BCUT2D eigenvalue weighted by Gasteiger charge is 2.15. The first-order valence-electron chi connectivity index (χ1n) is 8.36. The maximum Gasteiger partial charge on any atom is 0.337 e. The number of carbonyl (C=O) groups excluding carboxylic acids is 2. The second-order valence-corrected chi connectivity index (χ2v) is 7.52. The lowest BCUT2D eigenvalue weighted by Crippen LogP contribution is -2.27. The summed E-state index contributed by atoms with van der Waals surface area (Å²) >= 11 is 0. The van der Waals surface area contributed by atoms with E-state index in [1.807, 2.05) is 0 Å². The summed E-state index contributed by atoms with van der Waals surface area (Å²) in [5.74, 6) is 1.39. The van der Waals surface area contributed by atoms with Crippen molar-refractivity contribution in [1.82, 2.24) is 10.0 Å².